The standard InChI is InChI=1S/C9H15NO3.C2H6O/c1-9(2,3)13-8(12)10-4-7(5-10)6-11;1-3-2/h6-7H,4-5H2,1-3H3;1-2H3. The number of nitrogens with zero attached hydrogens (tertiary/aromatic N) is 1. The SMILES string of the molecule is CC(C)(C)OC(=O)N1CC(C=O)C1.COC. The van der Waals surface area contributed by atoms with E-state index in [1.54, 1.807) is 14.2 Å². The molecule has 0 bridgehead atoms. The van der Waals surface area contributed by atoms with Crippen molar-refractivity contribution in [3.05, 3.63) is 0 Å². The maximum absolute atomic E-state index is 11.3. The molecule has 0 aromatic carbocycles. The van der Waals surface area contributed by atoms with Gasteiger partial charge >= 0.3 is 6.09 Å². The Hall–Kier alpha value is -1.10. The van der Waals surface area contributed by atoms with Crippen molar-refractivity contribution in [3.63, 3.8) is 0 Å². The van der Waals surface area contributed by atoms with Crippen LogP contribution in [0.2, 0.25) is 0 Å². The second kappa shape index (κ2) is 6.48. The highest BCUT2D eigenvalue weighted by molar-refractivity contribution is 5.71. The summed E-state index contributed by atoms with van der Waals surface area (Å²) in [4.78, 5) is 23.1. The van der Waals surface area contributed by atoms with E-state index in [-0.39, 0.29) is 12.0 Å². The van der Waals surface area contributed by atoms with Crippen molar-refractivity contribution in [2.75, 3.05) is 27.3 Å². The predicted octanol–water partition coefficient (Wildman–Crippen LogP) is 1.31. The van der Waals surface area contributed by atoms with Gasteiger partial charge in [-0.2, -0.15) is 0 Å². The number of carbonyl (C=O) groups excluding carboxylic acids is 2. The van der Waals surface area contributed by atoms with Gasteiger partial charge in [0.05, 0.1) is 5.92 Å². The molecule has 0 aliphatic carbocycles. The van der Waals surface area contributed by atoms with Gasteiger partial charge in [-0.25, -0.2) is 4.79 Å². The molecule has 1 aliphatic heterocycles. The molecule has 1 aliphatic rings. The van der Waals surface area contributed by atoms with Crippen molar-refractivity contribution in [3.8, 4) is 0 Å². The fourth-order valence-electron chi connectivity index (χ4n) is 1.07. The minimum atomic E-state index is -0.455. The molecule has 1 rings (SSSR count). The Morgan fingerprint density at radius 3 is 2.06 bits per heavy atom. The first-order chi connectivity index (χ1) is 7.34. The van der Waals surface area contributed by atoms with Crippen molar-refractivity contribution < 1.29 is 19.1 Å². The highest BCUT2D eigenvalue weighted by Crippen LogP contribution is 2.17. The van der Waals surface area contributed by atoms with Crippen LogP contribution in [0.3, 0.4) is 0 Å². The van der Waals surface area contributed by atoms with E-state index in [0.29, 0.717) is 13.1 Å². The van der Waals surface area contributed by atoms with Crippen molar-refractivity contribution in [2.24, 2.45) is 5.92 Å². The third-order valence-electron chi connectivity index (χ3n) is 1.75. The zero-order valence-electron chi connectivity index (χ0n) is 10.6. The summed E-state index contributed by atoms with van der Waals surface area (Å²) in [7, 11) is 3.25. The summed E-state index contributed by atoms with van der Waals surface area (Å²) in [6.07, 6.45) is 0.548. The van der Waals surface area contributed by atoms with Crippen LogP contribution in [0, 0.1) is 5.92 Å². The van der Waals surface area contributed by atoms with Crippen molar-refractivity contribution >= 4 is 12.4 Å². The van der Waals surface area contributed by atoms with Gasteiger partial charge in [-0.3, -0.25) is 0 Å². The highest BCUT2D eigenvalue weighted by Gasteiger charge is 2.33. The number of amides is 1. The van der Waals surface area contributed by atoms with E-state index in [1.807, 2.05) is 20.8 Å². The van der Waals surface area contributed by atoms with Crippen LogP contribution < -0.4 is 0 Å². The topological polar surface area (TPSA) is 55.8 Å². The molecule has 1 amide bonds. The van der Waals surface area contributed by atoms with Gasteiger partial charge in [0.25, 0.3) is 0 Å². The summed E-state index contributed by atoms with van der Waals surface area (Å²) in [5.41, 5.74) is -0.455. The number of carbonyl (C=O) groups is 2. The summed E-state index contributed by atoms with van der Waals surface area (Å²) in [6, 6.07) is 0. The molecule has 5 nitrogen and oxygen atoms in total. The Morgan fingerprint density at radius 2 is 1.75 bits per heavy atom. The monoisotopic (exact) mass is 231 g/mol. The van der Waals surface area contributed by atoms with E-state index in [0.717, 1.165) is 6.29 Å². The molecule has 1 saturated heterocycles. The van der Waals surface area contributed by atoms with Crippen LogP contribution in [0.25, 0.3) is 0 Å². The van der Waals surface area contributed by atoms with Crippen molar-refractivity contribution in [1.29, 1.82) is 0 Å². The smallest absolute Gasteiger partial charge is 0.410 e. The number of methoxy groups -OCH3 is 1. The van der Waals surface area contributed by atoms with Gasteiger partial charge < -0.3 is 19.2 Å². The molecule has 0 N–H and O–H groups in total. The molecule has 0 unspecified atom stereocenters. The summed E-state index contributed by atoms with van der Waals surface area (Å²) in [6.45, 7) is 6.46. The average molecular weight is 231 g/mol. The van der Waals surface area contributed by atoms with E-state index in [1.165, 1.54) is 4.90 Å². The van der Waals surface area contributed by atoms with Crippen LogP contribution in [-0.2, 0) is 14.3 Å². The second-order valence-corrected chi connectivity index (χ2v) is 4.69. The fraction of sp³-hybridized carbons (Fsp3) is 0.818. The number of rotatable bonds is 1. The Kier molecular flexibility index (Phi) is 6.03. The number of aldehydes is 1. The average Bonchev–Trinajstić information content (AvgIpc) is 1.99. The number of hydrogen-bond acceptors (Lipinski definition) is 4. The lowest BCUT2D eigenvalue weighted by Gasteiger charge is -2.36. The summed E-state index contributed by atoms with van der Waals surface area (Å²) >= 11 is 0. The molecule has 0 saturated carbocycles. The van der Waals surface area contributed by atoms with Gasteiger partial charge in [0.15, 0.2) is 0 Å². The number of ether oxygens (including phenoxy) is 2. The van der Waals surface area contributed by atoms with Crippen LogP contribution in [0.5, 0.6) is 0 Å². The zero-order chi connectivity index (χ0) is 12.8. The molecule has 0 aromatic rings. The van der Waals surface area contributed by atoms with Crippen LogP contribution in [0.15, 0.2) is 0 Å². The van der Waals surface area contributed by atoms with Gasteiger partial charge in [-0.05, 0) is 20.8 Å². The van der Waals surface area contributed by atoms with E-state index in [2.05, 4.69) is 4.74 Å². The molecular weight excluding hydrogens is 210 g/mol. The van der Waals surface area contributed by atoms with E-state index >= 15 is 0 Å². The third kappa shape index (κ3) is 5.70. The molecule has 0 aromatic heterocycles. The molecule has 0 spiro atoms. The van der Waals surface area contributed by atoms with Gasteiger partial charge in [-0.1, -0.05) is 0 Å². The van der Waals surface area contributed by atoms with Gasteiger partial charge in [0, 0.05) is 27.3 Å². The lowest BCUT2D eigenvalue weighted by Crippen LogP contribution is -2.52. The maximum Gasteiger partial charge on any atom is 0.410 e. The lowest BCUT2D eigenvalue weighted by molar-refractivity contribution is -0.115. The van der Waals surface area contributed by atoms with E-state index in [9.17, 15) is 9.59 Å². The van der Waals surface area contributed by atoms with Crippen molar-refractivity contribution in [1.82, 2.24) is 4.90 Å². The third-order valence-corrected chi connectivity index (χ3v) is 1.75. The quantitative estimate of drug-likeness (QED) is 0.638. The lowest BCUT2D eigenvalue weighted by atomic mass is 10.0. The zero-order valence-corrected chi connectivity index (χ0v) is 10.6. The molecule has 0 radical (unpaired) electrons. The summed E-state index contributed by atoms with van der Waals surface area (Å²) in [5.74, 6) is 0.00696. The summed E-state index contributed by atoms with van der Waals surface area (Å²) in [5, 5.41) is 0. The van der Waals surface area contributed by atoms with Crippen LogP contribution >= 0.6 is 0 Å². The van der Waals surface area contributed by atoms with Crippen LogP contribution in [0.1, 0.15) is 20.8 Å². The largest absolute Gasteiger partial charge is 0.444 e. The second-order valence-electron chi connectivity index (χ2n) is 4.69. The molecule has 16 heavy (non-hydrogen) atoms. The fourth-order valence-corrected chi connectivity index (χ4v) is 1.07. The summed E-state index contributed by atoms with van der Waals surface area (Å²) < 4.78 is 9.36. The normalized spacial score (nSPS) is 15.7. The number of likely N-dealkylation sites (tertiary alicyclic amines) is 1. The minimum absolute atomic E-state index is 0.00696. The van der Waals surface area contributed by atoms with Gasteiger partial charge in [0.1, 0.15) is 11.9 Å². The minimum Gasteiger partial charge on any atom is -0.444 e. The molecule has 1 fully saturated rings. The molecule has 5 heteroatoms. The van der Waals surface area contributed by atoms with Gasteiger partial charge in [-0.15, -0.1) is 0 Å². The predicted molar refractivity (Wildman–Crippen MR) is 60.3 cm³/mol. The molecular formula is C11H21NO4. The maximum atomic E-state index is 11.3. The van der Waals surface area contributed by atoms with Crippen LogP contribution in [0.4, 0.5) is 4.79 Å². The van der Waals surface area contributed by atoms with Gasteiger partial charge in [0.2, 0.25) is 0 Å². The first-order valence-corrected chi connectivity index (χ1v) is 5.17. The van der Waals surface area contributed by atoms with Crippen molar-refractivity contribution in [2.45, 2.75) is 26.4 Å². The number of hydrogen-bond donors (Lipinski definition) is 0. The Morgan fingerprint density at radius 1 is 1.31 bits per heavy atom. The Labute approximate surface area is 96.7 Å². The van der Waals surface area contributed by atoms with E-state index in [4.69, 9.17) is 4.74 Å². The first-order valence-electron chi connectivity index (χ1n) is 5.17. The first kappa shape index (κ1) is 14.9. The molecule has 1 heterocycles. The molecule has 94 valence electrons. The highest BCUT2D eigenvalue weighted by atomic mass is 16.6. The van der Waals surface area contributed by atoms with Crippen LogP contribution in [-0.4, -0.2) is 50.2 Å². The van der Waals surface area contributed by atoms with E-state index < -0.39 is 5.60 Å². The Balaban J connectivity index is 0.000000673. The Bertz CT molecular complexity index is 229. The molecule has 0 atom stereocenters.